The summed E-state index contributed by atoms with van der Waals surface area (Å²) in [6, 6.07) is 10.8. The molecule has 3 heterocycles. The number of ether oxygens (including phenoxy) is 4. The minimum absolute atomic E-state index is 0.0491. The van der Waals surface area contributed by atoms with Crippen molar-refractivity contribution in [2.75, 3.05) is 27.6 Å². The Bertz CT molecular complexity index is 1140. The van der Waals surface area contributed by atoms with E-state index in [9.17, 15) is 9.59 Å². The van der Waals surface area contributed by atoms with Crippen LogP contribution in [-0.2, 0) is 16.1 Å². The van der Waals surface area contributed by atoms with E-state index < -0.39 is 0 Å². The van der Waals surface area contributed by atoms with Gasteiger partial charge in [0.1, 0.15) is 12.6 Å². The number of nitrogens with zero attached hydrogens (tertiary/aromatic N) is 2. The third-order valence-electron chi connectivity index (χ3n) is 6.13. The summed E-state index contributed by atoms with van der Waals surface area (Å²) in [7, 11) is 3.13. The number of benzene rings is 2. The normalized spacial score (nSPS) is 20.4. The van der Waals surface area contributed by atoms with Gasteiger partial charge in [-0.05, 0) is 41.8 Å². The molecule has 10 heteroatoms. The molecule has 3 aliphatic heterocycles. The molecular formula is C24H26N4O6. The minimum atomic E-state index is -0.390. The Balaban J connectivity index is 1.17. The standard InChI is InChI=1S/C24H26N4O6/c1-31-19-5-3-15(9-21(19)32-2)12-25-23(29)13-27-7-8-28-18(24(27)30)11-17(26-28)16-4-6-20-22(10-16)34-14-33-20/h3-10,17-18,26H,11-14H2,1-2H3,(H,25,29). The van der Waals surface area contributed by atoms with Crippen molar-refractivity contribution in [3.63, 3.8) is 0 Å². The van der Waals surface area contributed by atoms with Gasteiger partial charge in [0.2, 0.25) is 12.7 Å². The van der Waals surface area contributed by atoms with E-state index in [0.717, 1.165) is 16.9 Å². The molecule has 2 amide bonds. The molecule has 1 saturated heterocycles. The van der Waals surface area contributed by atoms with Crippen LogP contribution in [0.4, 0.5) is 0 Å². The average Bonchev–Trinajstić information content (AvgIpc) is 3.51. The summed E-state index contributed by atoms with van der Waals surface area (Å²) in [4.78, 5) is 27.1. The highest BCUT2D eigenvalue weighted by Crippen LogP contribution is 2.37. The Morgan fingerprint density at radius 2 is 1.91 bits per heavy atom. The van der Waals surface area contributed by atoms with Crippen molar-refractivity contribution in [3.8, 4) is 23.0 Å². The molecule has 2 aromatic rings. The first-order valence-corrected chi connectivity index (χ1v) is 11.0. The highest BCUT2D eigenvalue weighted by molar-refractivity contribution is 5.89. The Hall–Kier alpha value is -3.92. The van der Waals surface area contributed by atoms with Crippen LogP contribution in [0.3, 0.4) is 0 Å². The van der Waals surface area contributed by atoms with E-state index in [4.69, 9.17) is 18.9 Å². The first-order chi connectivity index (χ1) is 16.6. The van der Waals surface area contributed by atoms with Crippen LogP contribution in [0.1, 0.15) is 23.6 Å². The molecule has 10 nitrogen and oxygen atoms in total. The predicted molar refractivity (Wildman–Crippen MR) is 121 cm³/mol. The zero-order chi connectivity index (χ0) is 23.7. The maximum absolute atomic E-state index is 13.1. The molecule has 3 aliphatic rings. The summed E-state index contributed by atoms with van der Waals surface area (Å²) in [5, 5.41) is 4.66. The first-order valence-electron chi connectivity index (χ1n) is 11.0. The van der Waals surface area contributed by atoms with Crippen molar-refractivity contribution in [3.05, 3.63) is 59.9 Å². The van der Waals surface area contributed by atoms with E-state index in [-0.39, 0.29) is 37.2 Å². The molecular weight excluding hydrogens is 440 g/mol. The summed E-state index contributed by atoms with van der Waals surface area (Å²) in [5.41, 5.74) is 5.23. The third-order valence-corrected chi connectivity index (χ3v) is 6.13. The fraction of sp³-hybridized carbons (Fsp3) is 0.333. The molecule has 0 spiro atoms. The first kappa shape index (κ1) is 21.9. The van der Waals surface area contributed by atoms with Gasteiger partial charge >= 0.3 is 0 Å². The smallest absolute Gasteiger partial charge is 0.251 e. The van der Waals surface area contributed by atoms with Gasteiger partial charge in [0, 0.05) is 18.9 Å². The summed E-state index contributed by atoms with van der Waals surface area (Å²) in [6.45, 7) is 0.478. The zero-order valence-corrected chi connectivity index (χ0v) is 18.9. The number of nitrogens with one attached hydrogen (secondary N) is 2. The van der Waals surface area contributed by atoms with Gasteiger partial charge < -0.3 is 34.2 Å². The van der Waals surface area contributed by atoms with E-state index >= 15 is 0 Å². The van der Waals surface area contributed by atoms with Crippen LogP contribution in [0.25, 0.3) is 0 Å². The largest absolute Gasteiger partial charge is 0.493 e. The number of methoxy groups -OCH3 is 2. The molecule has 0 aromatic heterocycles. The van der Waals surface area contributed by atoms with Crippen LogP contribution in [0.2, 0.25) is 0 Å². The van der Waals surface area contributed by atoms with Crippen LogP contribution in [0.15, 0.2) is 48.8 Å². The Labute approximate surface area is 197 Å². The molecule has 2 unspecified atom stereocenters. The van der Waals surface area contributed by atoms with E-state index in [1.165, 1.54) is 4.90 Å². The van der Waals surface area contributed by atoms with E-state index in [1.807, 2.05) is 30.3 Å². The van der Waals surface area contributed by atoms with Crippen molar-refractivity contribution >= 4 is 11.8 Å². The number of hydrazine groups is 1. The maximum atomic E-state index is 13.1. The van der Waals surface area contributed by atoms with Crippen LogP contribution < -0.4 is 29.7 Å². The number of carbonyl (C=O) groups excluding carboxylic acids is 2. The minimum Gasteiger partial charge on any atom is -0.493 e. The number of carbonyl (C=O) groups is 2. The second-order valence-electron chi connectivity index (χ2n) is 8.18. The number of hydrogen-bond acceptors (Lipinski definition) is 8. The summed E-state index contributed by atoms with van der Waals surface area (Å²) < 4.78 is 21.4. The third kappa shape index (κ3) is 4.19. The topological polar surface area (TPSA) is 102 Å². The van der Waals surface area contributed by atoms with Gasteiger partial charge in [0.15, 0.2) is 23.0 Å². The van der Waals surface area contributed by atoms with Crippen molar-refractivity contribution in [2.24, 2.45) is 0 Å². The second-order valence-corrected chi connectivity index (χ2v) is 8.18. The number of amides is 2. The average molecular weight is 466 g/mol. The summed E-state index contributed by atoms with van der Waals surface area (Å²) >= 11 is 0. The van der Waals surface area contributed by atoms with Gasteiger partial charge in [-0.2, -0.15) is 0 Å². The predicted octanol–water partition coefficient (Wildman–Crippen LogP) is 1.68. The van der Waals surface area contributed by atoms with Gasteiger partial charge in [-0.1, -0.05) is 12.1 Å². The van der Waals surface area contributed by atoms with Crippen LogP contribution >= 0.6 is 0 Å². The van der Waals surface area contributed by atoms with Gasteiger partial charge in [0.05, 0.1) is 20.3 Å². The fourth-order valence-corrected chi connectivity index (χ4v) is 4.32. The summed E-state index contributed by atoms with van der Waals surface area (Å²) in [5.74, 6) is 2.27. The lowest BCUT2D eigenvalue weighted by molar-refractivity contribution is -0.138. The van der Waals surface area contributed by atoms with E-state index in [1.54, 1.807) is 37.7 Å². The lowest BCUT2D eigenvalue weighted by atomic mass is 10.0. The van der Waals surface area contributed by atoms with Crippen LogP contribution in [-0.4, -0.2) is 55.3 Å². The van der Waals surface area contributed by atoms with Crippen molar-refractivity contribution < 1.29 is 28.5 Å². The van der Waals surface area contributed by atoms with Crippen LogP contribution in [0, 0.1) is 0 Å². The highest BCUT2D eigenvalue weighted by Gasteiger charge is 2.40. The lowest BCUT2D eigenvalue weighted by Gasteiger charge is -2.31. The Morgan fingerprint density at radius 1 is 1.09 bits per heavy atom. The molecule has 0 saturated carbocycles. The van der Waals surface area contributed by atoms with Gasteiger partial charge in [-0.25, -0.2) is 5.43 Å². The molecule has 178 valence electrons. The molecule has 0 radical (unpaired) electrons. The molecule has 1 fully saturated rings. The Morgan fingerprint density at radius 3 is 2.74 bits per heavy atom. The molecule has 2 atom stereocenters. The lowest BCUT2D eigenvalue weighted by Crippen LogP contribution is -2.50. The molecule has 5 rings (SSSR count). The molecule has 2 aromatic carbocycles. The van der Waals surface area contributed by atoms with Crippen molar-refractivity contribution in [1.29, 1.82) is 0 Å². The molecule has 0 aliphatic carbocycles. The van der Waals surface area contributed by atoms with Gasteiger partial charge in [-0.3, -0.25) is 9.59 Å². The van der Waals surface area contributed by atoms with Crippen LogP contribution in [0.5, 0.6) is 23.0 Å². The SMILES string of the molecule is COc1ccc(CNC(=O)CN2C=CN3NC(c4ccc5c(c4)OCO5)CC3C2=O)cc1OC. The molecule has 34 heavy (non-hydrogen) atoms. The van der Waals surface area contributed by atoms with E-state index in [2.05, 4.69) is 10.7 Å². The van der Waals surface area contributed by atoms with Crippen molar-refractivity contribution in [2.45, 2.75) is 25.0 Å². The second kappa shape index (κ2) is 9.14. The monoisotopic (exact) mass is 466 g/mol. The Kier molecular flexibility index (Phi) is 5.89. The van der Waals surface area contributed by atoms with Gasteiger partial charge in [0.25, 0.3) is 5.91 Å². The zero-order valence-electron chi connectivity index (χ0n) is 18.9. The number of hydrogen-bond donors (Lipinski definition) is 2. The quantitative estimate of drug-likeness (QED) is 0.636. The van der Waals surface area contributed by atoms with Crippen molar-refractivity contribution in [1.82, 2.24) is 20.7 Å². The number of fused-ring (bicyclic) bond motifs is 2. The molecule has 0 bridgehead atoms. The van der Waals surface area contributed by atoms with E-state index in [0.29, 0.717) is 30.2 Å². The van der Waals surface area contributed by atoms with Gasteiger partial charge in [-0.15, -0.1) is 0 Å². The fourth-order valence-electron chi connectivity index (χ4n) is 4.32. The highest BCUT2D eigenvalue weighted by atomic mass is 16.7. The molecule has 2 N–H and O–H groups in total. The summed E-state index contributed by atoms with van der Waals surface area (Å²) in [6.07, 6.45) is 4.00. The maximum Gasteiger partial charge on any atom is 0.251 e. The number of rotatable bonds is 7.